The number of aromatic nitrogens is 4. The molecule has 0 N–H and O–H groups in total. The van der Waals surface area contributed by atoms with Crippen molar-refractivity contribution in [2.45, 2.75) is 0 Å². The van der Waals surface area contributed by atoms with Gasteiger partial charge in [-0.1, -0.05) is 97.1 Å². The minimum absolute atomic E-state index is 0.636. The van der Waals surface area contributed by atoms with Gasteiger partial charge in [-0.25, -0.2) is 9.97 Å². The van der Waals surface area contributed by atoms with E-state index in [-0.39, 0.29) is 0 Å². The molecule has 9 nitrogen and oxygen atoms in total. The van der Waals surface area contributed by atoms with E-state index in [1.165, 1.54) is 0 Å². The Balaban J connectivity index is 1.67. The van der Waals surface area contributed by atoms with Gasteiger partial charge in [-0.15, -0.1) is 4.52 Å². The third kappa shape index (κ3) is 4.86. The molecule has 2 atom stereocenters. The van der Waals surface area contributed by atoms with Crippen molar-refractivity contribution in [1.29, 1.82) is 0 Å². The van der Waals surface area contributed by atoms with E-state index in [0.717, 1.165) is 10.6 Å². The van der Waals surface area contributed by atoms with Crippen LogP contribution < -0.4 is 19.7 Å². The SMILES string of the molecule is c1ccc(O[P@@]2(n3ccnc3)=N[P@](Oc3ccccc3)(n3ccnc3)=NP(c3ccccc3)(c3ccccc3)=N2)cc1. The number of benzene rings is 4. The molecule has 0 fully saturated rings. The number of imidazole rings is 2. The van der Waals surface area contributed by atoms with Gasteiger partial charge in [0, 0.05) is 35.4 Å². The summed E-state index contributed by atoms with van der Waals surface area (Å²) in [5.74, 6) is 1.27. The minimum Gasteiger partial charge on any atom is -0.426 e. The zero-order valence-corrected chi connectivity index (χ0v) is 25.0. The van der Waals surface area contributed by atoms with Gasteiger partial charge in [0.05, 0.1) is 0 Å². The van der Waals surface area contributed by atoms with Crippen LogP contribution in [0.4, 0.5) is 0 Å². The first-order chi connectivity index (χ1) is 20.7. The first-order valence-electron chi connectivity index (χ1n) is 13.2. The van der Waals surface area contributed by atoms with Gasteiger partial charge in [0.2, 0.25) is 0 Å². The maximum atomic E-state index is 6.96. The summed E-state index contributed by atoms with van der Waals surface area (Å²) >= 11 is 0. The second-order valence-corrected chi connectivity index (χ2v) is 17.0. The van der Waals surface area contributed by atoms with Crippen LogP contribution in [0, 0.1) is 0 Å². The van der Waals surface area contributed by atoms with Crippen molar-refractivity contribution >= 4 is 33.0 Å². The summed E-state index contributed by atoms with van der Waals surface area (Å²) in [6, 6.07) is 39.7. The van der Waals surface area contributed by atoms with Crippen molar-refractivity contribution < 1.29 is 9.05 Å². The van der Waals surface area contributed by atoms with Crippen molar-refractivity contribution in [1.82, 2.24) is 18.6 Å². The smallest absolute Gasteiger partial charge is 0.366 e. The van der Waals surface area contributed by atoms with Gasteiger partial charge in [-0.2, -0.15) is 9.03 Å². The molecule has 7 rings (SSSR count). The average molecular weight is 610 g/mol. The zero-order chi connectivity index (χ0) is 28.3. The summed E-state index contributed by atoms with van der Waals surface area (Å²) in [5, 5.41) is 1.93. The molecular weight excluding hydrogens is 583 g/mol. The summed E-state index contributed by atoms with van der Waals surface area (Å²) < 4.78 is 34.5. The van der Waals surface area contributed by atoms with Gasteiger partial charge in [-0.05, 0) is 24.3 Å². The average Bonchev–Trinajstić information content (AvgIpc) is 3.79. The quantitative estimate of drug-likeness (QED) is 0.162. The summed E-state index contributed by atoms with van der Waals surface area (Å²) in [4.78, 5) is 8.79. The summed E-state index contributed by atoms with van der Waals surface area (Å²) in [5.41, 5.74) is 0. The molecule has 6 aromatic rings. The van der Waals surface area contributed by atoms with E-state index >= 15 is 0 Å². The lowest BCUT2D eigenvalue weighted by Gasteiger charge is -2.36. The van der Waals surface area contributed by atoms with E-state index in [0.29, 0.717) is 11.5 Å². The zero-order valence-electron chi connectivity index (χ0n) is 22.3. The Morgan fingerprint density at radius 1 is 0.452 bits per heavy atom. The maximum Gasteiger partial charge on any atom is 0.366 e. The van der Waals surface area contributed by atoms with E-state index in [2.05, 4.69) is 34.2 Å². The van der Waals surface area contributed by atoms with Crippen molar-refractivity contribution in [3.05, 3.63) is 159 Å². The van der Waals surface area contributed by atoms with Crippen LogP contribution in [0.1, 0.15) is 0 Å². The molecule has 1 aliphatic heterocycles. The monoisotopic (exact) mass is 609 g/mol. The summed E-state index contributed by atoms with van der Waals surface area (Å²) in [6.45, 7) is 0. The van der Waals surface area contributed by atoms with Crippen LogP contribution in [-0.2, 0) is 0 Å². The third-order valence-corrected chi connectivity index (χ3v) is 16.9. The molecule has 0 amide bonds. The summed E-state index contributed by atoms with van der Waals surface area (Å²) in [7, 11) is -9.65. The van der Waals surface area contributed by atoms with Gasteiger partial charge >= 0.3 is 15.2 Å². The van der Waals surface area contributed by atoms with Crippen LogP contribution in [0.25, 0.3) is 0 Å². The predicted octanol–water partition coefficient (Wildman–Crippen LogP) is 8.31. The van der Waals surface area contributed by atoms with Crippen LogP contribution in [0.2, 0.25) is 0 Å². The lowest BCUT2D eigenvalue weighted by molar-refractivity contribution is 0.579. The second-order valence-electron chi connectivity index (χ2n) is 9.26. The summed E-state index contributed by atoms with van der Waals surface area (Å²) in [6.07, 6.45) is 10.6. The van der Waals surface area contributed by atoms with Crippen molar-refractivity contribution in [3.8, 4) is 11.5 Å². The van der Waals surface area contributed by atoms with Crippen molar-refractivity contribution in [2.75, 3.05) is 0 Å². The van der Waals surface area contributed by atoms with E-state index in [1.54, 1.807) is 25.0 Å². The highest BCUT2D eigenvalue weighted by Gasteiger charge is 2.44. The van der Waals surface area contributed by atoms with Crippen molar-refractivity contribution in [3.63, 3.8) is 0 Å². The standard InChI is InChI=1S/C30H26N7O2P3/c1-5-13-27(14-6-1)38-41(36-23-21-31-25-36)33-40(29-17-9-3-10-18-29,30-19-11-4-12-20-30)34-42(35-41,37-24-22-32-26-37)39-28-15-7-2-8-16-28/h1-26H/t41-,42+. The molecule has 0 spiro atoms. The van der Waals surface area contributed by atoms with E-state index in [4.69, 9.17) is 22.6 Å². The van der Waals surface area contributed by atoms with Gasteiger partial charge in [-0.3, -0.25) is 8.68 Å². The van der Waals surface area contributed by atoms with Gasteiger partial charge in [0.15, 0.2) is 0 Å². The largest absolute Gasteiger partial charge is 0.426 e. The molecule has 3 heterocycles. The molecule has 0 aliphatic carbocycles. The fourth-order valence-corrected chi connectivity index (χ4v) is 16.9. The lowest BCUT2D eigenvalue weighted by atomic mass is 10.3. The molecule has 0 saturated heterocycles. The van der Waals surface area contributed by atoms with E-state index in [1.807, 2.05) is 118 Å². The van der Waals surface area contributed by atoms with Crippen molar-refractivity contribution in [2.24, 2.45) is 13.5 Å². The van der Waals surface area contributed by atoms with Crippen LogP contribution in [0.5, 0.6) is 11.5 Å². The predicted molar refractivity (Wildman–Crippen MR) is 170 cm³/mol. The molecule has 2 aromatic heterocycles. The molecule has 4 aromatic carbocycles. The van der Waals surface area contributed by atoms with Gasteiger partial charge in [0.1, 0.15) is 31.4 Å². The number of para-hydroxylation sites is 2. The second kappa shape index (κ2) is 11.1. The van der Waals surface area contributed by atoms with Crippen LogP contribution in [-0.4, -0.2) is 18.6 Å². The third-order valence-electron chi connectivity index (χ3n) is 6.48. The Labute approximate surface area is 244 Å². The highest BCUT2D eigenvalue weighted by atomic mass is 31.3. The normalized spacial score (nSPS) is 20.9. The first-order valence-corrected chi connectivity index (χ1v) is 18.0. The number of nitrogens with zero attached hydrogens (tertiary/aromatic N) is 7. The highest BCUT2D eigenvalue weighted by Crippen LogP contribution is 2.78. The molecule has 0 saturated carbocycles. The fourth-order valence-electron chi connectivity index (χ4n) is 4.58. The number of hydrogen-bond acceptors (Lipinski definition) is 7. The molecule has 208 valence electrons. The maximum absolute atomic E-state index is 6.96. The van der Waals surface area contributed by atoms with Crippen LogP contribution in [0.3, 0.4) is 0 Å². The van der Waals surface area contributed by atoms with E-state index < -0.39 is 22.4 Å². The topological polar surface area (TPSA) is 91.2 Å². The Morgan fingerprint density at radius 2 is 0.857 bits per heavy atom. The Morgan fingerprint density at radius 3 is 1.26 bits per heavy atom. The number of rotatable bonds is 8. The molecular formula is C30H26N7O2P3. The van der Waals surface area contributed by atoms with Gasteiger partial charge < -0.3 is 9.05 Å². The molecule has 0 radical (unpaired) electrons. The lowest BCUT2D eigenvalue weighted by Crippen LogP contribution is -2.18. The molecule has 42 heavy (non-hydrogen) atoms. The molecule has 0 bridgehead atoms. The Kier molecular flexibility index (Phi) is 7.01. The molecule has 1 aliphatic rings. The Bertz CT molecular complexity index is 1830. The molecule has 0 unspecified atom stereocenters. The van der Waals surface area contributed by atoms with Crippen LogP contribution >= 0.6 is 22.4 Å². The van der Waals surface area contributed by atoms with Crippen LogP contribution in [0.15, 0.2) is 172 Å². The fraction of sp³-hybridized carbons (Fsp3) is 0. The highest BCUT2D eigenvalue weighted by molar-refractivity contribution is 7.90. The number of hydrogen-bond donors (Lipinski definition) is 0. The first kappa shape index (κ1) is 26.5. The van der Waals surface area contributed by atoms with E-state index in [9.17, 15) is 0 Å². The minimum atomic E-state index is -3.33. The van der Waals surface area contributed by atoms with Gasteiger partial charge in [0.25, 0.3) is 0 Å². The Hall–Kier alpha value is -4.41. The molecule has 12 heteroatoms.